The average Bonchev–Trinajstić information content (AvgIpc) is 1.65. The normalized spacial score (nSPS) is 12.4. The van der Waals surface area contributed by atoms with Crippen LogP contribution in [0.15, 0.2) is 131 Å². The Morgan fingerprint density at radius 1 is 0.495 bits per heavy atom. The van der Waals surface area contributed by atoms with Gasteiger partial charge in [-0.2, -0.15) is 0 Å². The summed E-state index contributed by atoms with van der Waals surface area (Å²) in [4.78, 5) is 52.4. The molecule has 95 heavy (non-hydrogen) atoms. The molecule has 24 heteroatoms. The molecule has 0 aliphatic carbocycles. The Labute approximate surface area is 623 Å². The molecule has 2 N–H and O–H groups in total. The van der Waals surface area contributed by atoms with Gasteiger partial charge in [-0.15, -0.1) is 34.0 Å². The van der Waals surface area contributed by atoms with Crippen molar-refractivity contribution in [2.75, 3.05) is 14.2 Å². The van der Waals surface area contributed by atoms with Crippen LogP contribution in [0.2, 0.25) is 30.1 Å². The average molecular weight is 1530 g/mol. The molecule has 0 amide bonds. The van der Waals surface area contributed by atoms with Crippen molar-refractivity contribution in [1.29, 1.82) is 0 Å². The van der Waals surface area contributed by atoms with Gasteiger partial charge in [-0.1, -0.05) is 188 Å². The summed E-state index contributed by atoms with van der Waals surface area (Å²) in [7, 11) is 2.28. The number of hydrogen-bond donors (Lipinski definition) is 1. The van der Waals surface area contributed by atoms with Crippen molar-refractivity contribution in [2.24, 2.45) is 17.8 Å². The van der Waals surface area contributed by atoms with Crippen molar-refractivity contribution < 1.29 is 62.6 Å². The van der Waals surface area contributed by atoms with Crippen LogP contribution in [0.1, 0.15) is 137 Å². The number of hydrogen-bond acceptors (Lipinski definition) is 14. The largest absolute Gasteiger partial charge is 1.00 e. The van der Waals surface area contributed by atoms with E-state index in [0.29, 0.717) is 59.0 Å². The first kappa shape index (κ1) is 86.5. The molecule has 1 aliphatic rings. The van der Waals surface area contributed by atoms with Crippen molar-refractivity contribution >= 4 is 150 Å². The van der Waals surface area contributed by atoms with Crippen LogP contribution in [0.4, 0.5) is 0 Å². The van der Waals surface area contributed by atoms with E-state index >= 15 is 0 Å². The van der Waals surface area contributed by atoms with Crippen molar-refractivity contribution in [3.05, 3.63) is 193 Å². The topological polar surface area (TPSA) is 177 Å². The van der Waals surface area contributed by atoms with Crippen LogP contribution in [0.5, 0.6) is 0 Å². The summed E-state index contributed by atoms with van der Waals surface area (Å²) in [6.07, 6.45) is 2.80. The van der Waals surface area contributed by atoms with Gasteiger partial charge in [0, 0.05) is 42.4 Å². The molecule has 1 fully saturated rings. The number of ether oxygens (including phenoxy) is 2. The first-order chi connectivity index (χ1) is 42.5. The van der Waals surface area contributed by atoms with Crippen LogP contribution in [0, 0.1) is 17.8 Å². The van der Waals surface area contributed by atoms with Gasteiger partial charge in [0.1, 0.15) is 10.0 Å². The number of carboxylic acid groups (broad SMARTS) is 1. The van der Waals surface area contributed by atoms with E-state index in [0.717, 1.165) is 88.4 Å². The monoisotopic (exact) mass is 1520 g/mol. The third-order valence-electron chi connectivity index (χ3n) is 14.1. The number of carbonyl (C=O) groups excluding carboxylic acids is 2. The van der Waals surface area contributed by atoms with E-state index in [1.54, 1.807) is 88.6 Å². The number of rotatable bonds is 15. The van der Waals surface area contributed by atoms with Crippen LogP contribution in [0.25, 0.3) is 54.9 Å². The van der Waals surface area contributed by atoms with Gasteiger partial charge in [0.15, 0.2) is 3.92 Å². The molecule has 0 radical (unpaired) electrons. The molecule has 9 aromatic rings. The van der Waals surface area contributed by atoms with Crippen molar-refractivity contribution in [3.8, 4) is 54.9 Å². The molecule has 0 atom stereocenters. The Kier molecular flexibility index (Phi) is 35.2. The Hall–Kier alpha value is -4.62. The maximum Gasteiger partial charge on any atom is 1.00 e. The number of aromatic nitrogens is 3. The Balaban J connectivity index is 0.000000429. The predicted octanol–water partition coefficient (Wildman–Crippen LogP) is 20.0. The van der Waals surface area contributed by atoms with E-state index in [1.807, 2.05) is 100 Å². The van der Waals surface area contributed by atoms with E-state index < -0.39 is 13.1 Å². The molecular weight excluding hydrogens is 1450 g/mol. The van der Waals surface area contributed by atoms with Crippen LogP contribution >= 0.6 is 120 Å². The van der Waals surface area contributed by atoms with Crippen LogP contribution in [-0.4, -0.2) is 76.0 Å². The molecule has 0 bridgehead atoms. The number of thiazole rings is 3. The zero-order valence-corrected chi connectivity index (χ0v) is 61.6. The van der Waals surface area contributed by atoms with E-state index in [-0.39, 0.29) is 75.3 Å². The zero-order chi connectivity index (χ0) is 65.9. The molecule has 6 aromatic carbocycles. The van der Waals surface area contributed by atoms with E-state index in [1.165, 1.54) is 24.0 Å². The van der Waals surface area contributed by atoms with Crippen LogP contribution in [0.3, 0.4) is 0 Å². The number of nitrogens with zero attached hydrogens (tertiary/aromatic N) is 3. The summed E-state index contributed by atoms with van der Waals surface area (Å²) < 4.78 is 22.3. The van der Waals surface area contributed by atoms with Gasteiger partial charge in [0.2, 0.25) is 0 Å². The van der Waals surface area contributed by atoms with Crippen LogP contribution < -0.4 is 24.3 Å². The predicted molar refractivity (Wildman–Crippen MR) is 401 cm³/mol. The molecule has 504 valence electrons. The second-order valence-corrected chi connectivity index (χ2v) is 30.1. The first-order valence-corrected chi connectivity index (χ1v) is 34.1. The smallest absolute Gasteiger partial charge is 0.870 e. The molecule has 0 spiro atoms. The fourth-order valence-electron chi connectivity index (χ4n) is 9.00. The van der Waals surface area contributed by atoms with Crippen molar-refractivity contribution in [3.63, 3.8) is 0 Å². The van der Waals surface area contributed by atoms with Gasteiger partial charge in [-0.25, -0.2) is 29.3 Å². The third-order valence-corrected chi connectivity index (χ3v) is 20.1. The number of carboxylic acids is 1. The molecule has 1 aliphatic heterocycles. The Bertz CT molecular complexity index is 4020. The van der Waals surface area contributed by atoms with Crippen molar-refractivity contribution in [1.82, 2.24) is 15.0 Å². The molecule has 4 heterocycles. The summed E-state index contributed by atoms with van der Waals surface area (Å²) in [6, 6.07) is 38.0. The summed E-state index contributed by atoms with van der Waals surface area (Å²) in [5, 5.41) is 14.0. The summed E-state index contributed by atoms with van der Waals surface area (Å²) in [6.45, 7) is 21.1. The number of carbonyl (C=O) groups is 3. The van der Waals surface area contributed by atoms with Gasteiger partial charge in [-0.3, -0.25) is 0 Å². The summed E-state index contributed by atoms with van der Waals surface area (Å²) in [5.41, 5.74) is 8.62. The maximum absolute atomic E-state index is 11.8. The standard InChI is InChI=1S/C21H19Cl2NO2S.C20H17Cl2NO2S.C14H19BO4.C13H12BrCl2NS.3CH4.Li.H2O/c1-12(2)9-18-19(13-7-8-16(22)17(23)11-13)24-20(27-18)14-5-4-6-15(10-14)21(25)26-3;1-11(2)8-17-18(12-6-7-15(21)16(22)10-12)23-19(26-17)13-4-3-5-14(9-13)20(24)25;1-13(2)14(3,4)19-15(18-13)11-8-6-7-10(9-11)12(16)17-5;1-7(2)5-11-12(17-13(14)18-11)8-3-4-9(15)10(16)6-8;;;;;/h4-8,10-12H,9H2,1-3H3;3-7,9-11H,8H2,1-2H3,(H,24,25);6-9H,1-5H3;3-4,6-7H,5H2,1-2H3;3*1H4;;1H2/q;;;;;;;+1;/p-1. The van der Waals surface area contributed by atoms with E-state index in [4.69, 9.17) is 98.4 Å². The van der Waals surface area contributed by atoms with Gasteiger partial charge in [-0.05, 0) is 159 Å². The number of aromatic carboxylic acids is 1. The van der Waals surface area contributed by atoms with Gasteiger partial charge >= 0.3 is 43.9 Å². The van der Waals surface area contributed by atoms with E-state index in [2.05, 4.69) is 62.5 Å². The molecule has 0 unspecified atom stereocenters. The van der Waals surface area contributed by atoms with Gasteiger partial charge < -0.3 is 29.4 Å². The summed E-state index contributed by atoms with van der Waals surface area (Å²) in [5.74, 6) is -0.121. The van der Waals surface area contributed by atoms with Gasteiger partial charge in [0.25, 0.3) is 0 Å². The fourth-order valence-corrected chi connectivity index (χ4v) is 14.3. The number of halogens is 7. The minimum Gasteiger partial charge on any atom is -0.870 e. The van der Waals surface area contributed by atoms with E-state index in [9.17, 15) is 19.5 Å². The molecule has 12 nitrogen and oxygen atoms in total. The maximum atomic E-state index is 11.8. The van der Waals surface area contributed by atoms with Crippen molar-refractivity contribution in [2.45, 2.75) is 122 Å². The first-order valence-electron chi connectivity index (χ1n) is 28.5. The minimum atomic E-state index is -0.949. The minimum absolute atomic E-state index is 0. The number of esters is 2. The second kappa shape index (κ2) is 38.7. The summed E-state index contributed by atoms with van der Waals surface area (Å²) >= 11 is 44.8. The van der Waals surface area contributed by atoms with Gasteiger partial charge in [0.05, 0.1) is 89.3 Å². The SMILES string of the molecule is C.C.C.CC(C)Cc1sc(-c2cccc(C(=O)O)c2)nc1-c1ccc(Cl)c(Cl)c1.CC(C)Cc1sc(Br)nc1-c1ccc(Cl)c(Cl)c1.COC(=O)c1cccc(-c2nc(-c3ccc(Cl)c(Cl)c3)c(CC(C)C)s2)c1.COC(=O)c1cccc(B2OC(C)(C)C(C)(C)O2)c1.[Li+].[OH-]. The Morgan fingerprint density at radius 3 is 1.19 bits per heavy atom. The zero-order valence-electron chi connectivity index (χ0n) is 53.0. The molecule has 0 saturated carbocycles. The second-order valence-electron chi connectivity index (χ2n) is 23.2. The molecule has 3 aromatic heterocycles. The molecular formula is C71H80BBrCl6LiN3O9S3. The quantitative estimate of drug-likeness (QED) is 0.0760. The Morgan fingerprint density at radius 2 is 0.832 bits per heavy atom. The number of benzene rings is 6. The number of methoxy groups -OCH3 is 2. The molecule has 1 saturated heterocycles. The third kappa shape index (κ3) is 23.2. The van der Waals surface area contributed by atoms with Crippen LogP contribution in [-0.2, 0) is 38.0 Å². The molecule has 10 rings (SSSR count). The fraction of sp³-hybridized carbons (Fsp3) is 0.324.